The monoisotopic (exact) mass is 504 g/mol. The predicted octanol–water partition coefficient (Wildman–Crippen LogP) is 6.72. The fraction of sp³-hybridized carbons (Fsp3) is 0.130. The molecule has 0 bridgehead atoms. The first-order valence-corrected chi connectivity index (χ1v) is 10.7. The van der Waals surface area contributed by atoms with Crippen LogP contribution in [-0.4, -0.2) is 12.1 Å². The number of nitrogens with zero attached hydrogens (tertiary/aromatic N) is 1. The quantitative estimate of drug-likeness (QED) is 0.298. The van der Waals surface area contributed by atoms with Crippen molar-refractivity contribution in [2.75, 3.05) is 0 Å². The first-order chi connectivity index (χ1) is 14.3. The Balaban J connectivity index is 1.65. The highest BCUT2D eigenvalue weighted by atomic mass is 79.9. The number of hydrogen-bond donors (Lipinski definition) is 1. The Labute approximate surface area is 194 Å². The average molecular weight is 506 g/mol. The number of nitrogens with one attached hydrogen (secondary N) is 1. The van der Waals surface area contributed by atoms with Gasteiger partial charge < -0.3 is 4.74 Å². The van der Waals surface area contributed by atoms with Crippen LogP contribution in [0.2, 0.25) is 10.0 Å². The molecule has 0 aliphatic rings. The Bertz CT molecular complexity index is 1090. The van der Waals surface area contributed by atoms with Crippen molar-refractivity contribution in [2.45, 2.75) is 20.5 Å². The van der Waals surface area contributed by atoms with Crippen molar-refractivity contribution >= 4 is 51.3 Å². The molecule has 7 heteroatoms. The van der Waals surface area contributed by atoms with Gasteiger partial charge in [-0.25, -0.2) is 5.43 Å². The molecule has 0 atom stereocenters. The van der Waals surface area contributed by atoms with E-state index in [2.05, 4.69) is 26.5 Å². The van der Waals surface area contributed by atoms with Crippen LogP contribution in [0.15, 0.2) is 64.2 Å². The van der Waals surface area contributed by atoms with Crippen molar-refractivity contribution in [1.82, 2.24) is 5.43 Å². The number of halogens is 3. The van der Waals surface area contributed by atoms with E-state index in [-0.39, 0.29) is 5.91 Å². The summed E-state index contributed by atoms with van der Waals surface area (Å²) in [5.41, 5.74) is 6.80. The Morgan fingerprint density at radius 2 is 1.80 bits per heavy atom. The van der Waals surface area contributed by atoms with E-state index in [1.807, 2.05) is 38.1 Å². The normalized spacial score (nSPS) is 11.0. The summed E-state index contributed by atoms with van der Waals surface area (Å²) >= 11 is 15.4. The summed E-state index contributed by atoms with van der Waals surface area (Å²) in [4.78, 5) is 12.2. The van der Waals surface area contributed by atoms with Gasteiger partial charge in [0, 0.05) is 10.0 Å². The van der Waals surface area contributed by atoms with E-state index in [9.17, 15) is 4.79 Å². The number of hydrogen-bond acceptors (Lipinski definition) is 3. The number of amides is 1. The molecule has 0 radical (unpaired) electrons. The van der Waals surface area contributed by atoms with Crippen LogP contribution in [0.4, 0.5) is 0 Å². The zero-order valence-electron chi connectivity index (χ0n) is 16.4. The second-order valence-corrected chi connectivity index (χ2v) is 8.46. The van der Waals surface area contributed by atoms with Crippen LogP contribution >= 0.6 is 39.1 Å². The standard InChI is InChI=1S/C23H19BrCl2N2O2/c1-14-8-17(12-27-28-23(29)18-4-3-5-19(24)11-18)9-15(2)22(14)30-13-16-6-7-20(25)21(26)10-16/h3-12H,13H2,1-2H3,(H,28,29)/b27-12-. The van der Waals surface area contributed by atoms with Gasteiger partial charge in [0.1, 0.15) is 12.4 Å². The molecular formula is C23H19BrCl2N2O2. The molecule has 0 spiro atoms. The lowest BCUT2D eigenvalue weighted by Crippen LogP contribution is -2.17. The van der Waals surface area contributed by atoms with Crippen molar-refractivity contribution in [3.63, 3.8) is 0 Å². The van der Waals surface area contributed by atoms with Crippen LogP contribution in [0, 0.1) is 13.8 Å². The molecule has 3 rings (SSSR count). The molecule has 0 saturated carbocycles. The third kappa shape index (κ3) is 5.85. The van der Waals surface area contributed by atoms with Crippen LogP contribution in [0.25, 0.3) is 0 Å². The molecule has 0 aliphatic heterocycles. The average Bonchev–Trinajstić information content (AvgIpc) is 2.70. The van der Waals surface area contributed by atoms with Gasteiger partial charge in [0.25, 0.3) is 5.91 Å². The highest BCUT2D eigenvalue weighted by molar-refractivity contribution is 9.10. The first-order valence-electron chi connectivity index (χ1n) is 9.10. The molecule has 0 aliphatic carbocycles. The molecule has 0 heterocycles. The molecule has 30 heavy (non-hydrogen) atoms. The van der Waals surface area contributed by atoms with E-state index >= 15 is 0 Å². The molecule has 1 amide bonds. The maximum atomic E-state index is 12.2. The van der Waals surface area contributed by atoms with Gasteiger partial charge in [-0.15, -0.1) is 0 Å². The van der Waals surface area contributed by atoms with Gasteiger partial charge in [0.2, 0.25) is 0 Å². The smallest absolute Gasteiger partial charge is 0.271 e. The molecule has 3 aromatic rings. The Morgan fingerprint density at radius 3 is 2.47 bits per heavy atom. The van der Waals surface area contributed by atoms with E-state index in [4.69, 9.17) is 27.9 Å². The predicted molar refractivity (Wildman–Crippen MR) is 126 cm³/mol. The number of aryl methyl sites for hydroxylation is 2. The van der Waals surface area contributed by atoms with E-state index < -0.39 is 0 Å². The number of carbonyl (C=O) groups excluding carboxylic acids is 1. The summed E-state index contributed by atoms with van der Waals surface area (Å²) < 4.78 is 6.83. The third-order valence-electron chi connectivity index (χ3n) is 4.32. The lowest BCUT2D eigenvalue weighted by molar-refractivity contribution is 0.0955. The second-order valence-electron chi connectivity index (χ2n) is 6.73. The van der Waals surface area contributed by atoms with Gasteiger partial charge in [-0.05, 0) is 78.6 Å². The Morgan fingerprint density at radius 1 is 1.07 bits per heavy atom. The van der Waals surface area contributed by atoms with Crippen LogP contribution in [0.1, 0.15) is 32.6 Å². The van der Waals surface area contributed by atoms with Gasteiger partial charge in [-0.1, -0.05) is 51.3 Å². The zero-order valence-corrected chi connectivity index (χ0v) is 19.5. The Kier molecular flexibility index (Phi) is 7.53. The molecule has 154 valence electrons. The van der Waals surface area contributed by atoms with Crippen LogP contribution < -0.4 is 10.2 Å². The zero-order chi connectivity index (χ0) is 21.7. The minimum atomic E-state index is -0.275. The molecule has 0 saturated heterocycles. The number of benzene rings is 3. The van der Waals surface area contributed by atoms with Crippen molar-refractivity contribution in [1.29, 1.82) is 0 Å². The van der Waals surface area contributed by atoms with Crippen LogP contribution in [-0.2, 0) is 6.61 Å². The van der Waals surface area contributed by atoms with Gasteiger partial charge in [-0.3, -0.25) is 4.79 Å². The summed E-state index contributed by atoms with van der Waals surface area (Å²) in [6, 6.07) is 16.4. The van der Waals surface area contributed by atoms with Crippen molar-refractivity contribution in [2.24, 2.45) is 5.10 Å². The Hall–Kier alpha value is -2.34. The summed E-state index contributed by atoms with van der Waals surface area (Å²) in [5.74, 6) is 0.527. The fourth-order valence-electron chi connectivity index (χ4n) is 2.93. The highest BCUT2D eigenvalue weighted by Crippen LogP contribution is 2.27. The van der Waals surface area contributed by atoms with E-state index in [0.29, 0.717) is 22.2 Å². The summed E-state index contributed by atoms with van der Waals surface area (Å²) in [6.45, 7) is 4.32. The van der Waals surface area contributed by atoms with Gasteiger partial charge in [0.05, 0.1) is 16.3 Å². The number of rotatable bonds is 6. The minimum Gasteiger partial charge on any atom is -0.488 e. The maximum absolute atomic E-state index is 12.2. The molecule has 0 unspecified atom stereocenters. The summed E-state index contributed by atoms with van der Waals surface area (Å²) in [5, 5.41) is 5.08. The van der Waals surface area contributed by atoms with E-state index in [1.165, 1.54) is 0 Å². The van der Waals surface area contributed by atoms with E-state index in [0.717, 1.165) is 32.5 Å². The molecule has 1 N–H and O–H groups in total. The van der Waals surface area contributed by atoms with Crippen molar-refractivity contribution < 1.29 is 9.53 Å². The molecule has 0 fully saturated rings. The lowest BCUT2D eigenvalue weighted by Gasteiger charge is -2.13. The van der Waals surface area contributed by atoms with Gasteiger partial charge in [-0.2, -0.15) is 5.10 Å². The lowest BCUT2D eigenvalue weighted by atomic mass is 10.1. The number of carbonyl (C=O) groups is 1. The summed E-state index contributed by atoms with van der Waals surface area (Å²) in [6.07, 6.45) is 1.61. The van der Waals surface area contributed by atoms with Crippen molar-refractivity contribution in [3.05, 3.63) is 96.9 Å². The molecule has 3 aromatic carbocycles. The second kappa shape index (κ2) is 10.1. The van der Waals surface area contributed by atoms with Gasteiger partial charge >= 0.3 is 0 Å². The third-order valence-corrected chi connectivity index (χ3v) is 5.55. The van der Waals surface area contributed by atoms with Gasteiger partial charge in [0.15, 0.2) is 0 Å². The largest absolute Gasteiger partial charge is 0.488 e. The first kappa shape index (κ1) is 22.3. The maximum Gasteiger partial charge on any atom is 0.271 e. The topological polar surface area (TPSA) is 50.7 Å². The van der Waals surface area contributed by atoms with E-state index in [1.54, 1.807) is 36.5 Å². The molecular weight excluding hydrogens is 487 g/mol. The summed E-state index contributed by atoms with van der Waals surface area (Å²) in [7, 11) is 0. The van der Waals surface area contributed by atoms with Crippen LogP contribution in [0.5, 0.6) is 5.75 Å². The molecule has 4 nitrogen and oxygen atoms in total. The van der Waals surface area contributed by atoms with Crippen molar-refractivity contribution in [3.8, 4) is 5.75 Å². The SMILES string of the molecule is Cc1cc(/C=N\NC(=O)c2cccc(Br)c2)cc(C)c1OCc1ccc(Cl)c(Cl)c1. The minimum absolute atomic E-state index is 0.275. The highest BCUT2D eigenvalue weighted by Gasteiger charge is 2.08. The van der Waals surface area contributed by atoms with Crippen LogP contribution in [0.3, 0.4) is 0 Å². The fourth-order valence-corrected chi connectivity index (χ4v) is 3.65. The molecule has 0 aromatic heterocycles. The number of ether oxygens (including phenoxy) is 1. The number of hydrazone groups is 1.